The van der Waals surface area contributed by atoms with Crippen molar-refractivity contribution in [3.05, 3.63) is 34.3 Å². The molecule has 0 radical (unpaired) electrons. The second kappa shape index (κ2) is 3.64. The van der Waals surface area contributed by atoms with Crippen molar-refractivity contribution in [3.63, 3.8) is 0 Å². The number of fused-ring (bicyclic) bond motifs is 1. The number of halogens is 1. The maximum atomic E-state index is 11.5. The fourth-order valence-corrected chi connectivity index (χ4v) is 2.78. The van der Waals surface area contributed by atoms with Gasteiger partial charge in [0.25, 0.3) is 0 Å². The van der Waals surface area contributed by atoms with Crippen LogP contribution in [-0.4, -0.2) is 21.2 Å². The van der Waals surface area contributed by atoms with Crippen molar-refractivity contribution in [2.45, 2.75) is 0 Å². The van der Waals surface area contributed by atoms with Crippen LogP contribution in [0, 0.1) is 0 Å². The second-order valence-corrected chi connectivity index (χ2v) is 6.22. The van der Waals surface area contributed by atoms with Gasteiger partial charge in [0.05, 0.1) is 18.5 Å². The van der Waals surface area contributed by atoms with Crippen molar-refractivity contribution in [2.24, 2.45) is 0 Å². The zero-order valence-corrected chi connectivity index (χ0v) is 10.5. The van der Waals surface area contributed by atoms with Gasteiger partial charge in [-0.1, -0.05) is 34.1 Å². The number of nitrogens with zero attached hydrogens (tertiary/aromatic N) is 1. The van der Waals surface area contributed by atoms with Gasteiger partial charge in [-0.25, -0.2) is 8.42 Å². The van der Waals surface area contributed by atoms with E-state index in [2.05, 4.69) is 15.9 Å². The van der Waals surface area contributed by atoms with E-state index >= 15 is 0 Å². The number of anilines is 1. The molecule has 15 heavy (non-hydrogen) atoms. The van der Waals surface area contributed by atoms with E-state index in [0.717, 1.165) is 15.7 Å². The predicted octanol–water partition coefficient (Wildman–Crippen LogP) is 2.24. The topological polar surface area (TPSA) is 37.4 Å². The summed E-state index contributed by atoms with van der Waals surface area (Å²) in [6.45, 7) is 0.405. The molecule has 0 unspecified atom stereocenters. The third kappa shape index (κ3) is 2.08. The van der Waals surface area contributed by atoms with Crippen LogP contribution < -0.4 is 4.31 Å². The Balaban J connectivity index is 2.60. The first-order chi connectivity index (χ1) is 6.98. The van der Waals surface area contributed by atoms with E-state index in [1.54, 1.807) is 0 Å². The average Bonchev–Trinajstić information content (AvgIpc) is 2.15. The third-order valence-electron chi connectivity index (χ3n) is 2.23. The lowest BCUT2D eigenvalue weighted by Crippen LogP contribution is -2.31. The number of benzene rings is 1. The Labute approximate surface area is 97.6 Å². The van der Waals surface area contributed by atoms with Crippen molar-refractivity contribution in [1.82, 2.24) is 0 Å². The Hall–Kier alpha value is -0.810. The molecule has 1 aliphatic rings. The van der Waals surface area contributed by atoms with Gasteiger partial charge >= 0.3 is 0 Å². The van der Waals surface area contributed by atoms with Crippen molar-refractivity contribution in [3.8, 4) is 0 Å². The number of rotatable bonds is 1. The summed E-state index contributed by atoms with van der Waals surface area (Å²) >= 11 is 3.34. The zero-order valence-electron chi connectivity index (χ0n) is 8.14. The van der Waals surface area contributed by atoms with E-state index in [1.807, 2.05) is 30.4 Å². The largest absolute Gasteiger partial charge is 0.266 e. The first-order valence-corrected chi connectivity index (χ1v) is 7.06. The lowest BCUT2D eigenvalue weighted by atomic mass is 10.1. The number of hydrogen-bond donors (Lipinski definition) is 0. The van der Waals surface area contributed by atoms with Crippen LogP contribution in [0.1, 0.15) is 5.56 Å². The summed E-state index contributed by atoms with van der Waals surface area (Å²) in [6, 6.07) is 5.61. The Morgan fingerprint density at radius 3 is 2.80 bits per heavy atom. The van der Waals surface area contributed by atoms with Crippen LogP contribution in [0.25, 0.3) is 6.08 Å². The van der Waals surface area contributed by atoms with Gasteiger partial charge in [-0.3, -0.25) is 4.31 Å². The minimum absolute atomic E-state index is 0.405. The van der Waals surface area contributed by atoms with E-state index in [9.17, 15) is 8.42 Å². The fourth-order valence-electron chi connectivity index (χ4n) is 1.56. The molecule has 80 valence electrons. The molecule has 0 atom stereocenters. The highest BCUT2D eigenvalue weighted by atomic mass is 79.9. The standard InChI is InChI=1S/C10H10BrNO2S/c1-15(13,14)12-6-2-3-8-4-5-9(11)7-10(8)12/h2-5,7H,6H2,1H3. The lowest BCUT2D eigenvalue weighted by Gasteiger charge is -2.25. The highest BCUT2D eigenvalue weighted by molar-refractivity contribution is 9.10. The summed E-state index contributed by atoms with van der Waals surface area (Å²) in [5.74, 6) is 0. The maximum Gasteiger partial charge on any atom is 0.232 e. The van der Waals surface area contributed by atoms with E-state index in [1.165, 1.54) is 10.6 Å². The SMILES string of the molecule is CS(=O)(=O)N1CC=Cc2ccc(Br)cc21. The van der Waals surface area contributed by atoms with Crippen molar-refractivity contribution < 1.29 is 8.42 Å². The molecule has 0 saturated carbocycles. The average molecular weight is 288 g/mol. The molecule has 1 aromatic carbocycles. The van der Waals surface area contributed by atoms with Gasteiger partial charge in [-0.2, -0.15) is 0 Å². The molecule has 0 spiro atoms. The quantitative estimate of drug-likeness (QED) is 0.794. The molecular weight excluding hydrogens is 278 g/mol. The molecule has 0 amide bonds. The molecule has 1 aliphatic heterocycles. The molecule has 0 fully saturated rings. The van der Waals surface area contributed by atoms with Crippen LogP contribution in [0.15, 0.2) is 28.7 Å². The van der Waals surface area contributed by atoms with Crippen molar-refractivity contribution in [2.75, 3.05) is 17.1 Å². The Morgan fingerprint density at radius 1 is 1.40 bits per heavy atom. The zero-order chi connectivity index (χ0) is 11.1. The Morgan fingerprint density at radius 2 is 2.13 bits per heavy atom. The van der Waals surface area contributed by atoms with Gasteiger partial charge in [0.1, 0.15) is 0 Å². The smallest absolute Gasteiger partial charge is 0.232 e. The molecule has 0 aromatic heterocycles. The fraction of sp³-hybridized carbons (Fsp3) is 0.200. The minimum Gasteiger partial charge on any atom is -0.266 e. The highest BCUT2D eigenvalue weighted by Crippen LogP contribution is 2.30. The second-order valence-electron chi connectivity index (χ2n) is 3.40. The van der Waals surface area contributed by atoms with Crippen LogP contribution in [0.3, 0.4) is 0 Å². The van der Waals surface area contributed by atoms with Crippen LogP contribution in [0.5, 0.6) is 0 Å². The van der Waals surface area contributed by atoms with Gasteiger partial charge in [0, 0.05) is 4.47 Å². The van der Waals surface area contributed by atoms with Crippen molar-refractivity contribution >= 4 is 37.7 Å². The first-order valence-electron chi connectivity index (χ1n) is 4.42. The molecule has 1 aromatic rings. The van der Waals surface area contributed by atoms with Crippen LogP contribution in [0.2, 0.25) is 0 Å². The van der Waals surface area contributed by atoms with Crippen LogP contribution in [-0.2, 0) is 10.0 Å². The summed E-state index contributed by atoms with van der Waals surface area (Å²) in [4.78, 5) is 0. The summed E-state index contributed by atoms with van der Waals surface area (Å²) < 4.78 is 25.3. The highest BCUT2D eigenvalue weighted by Gasteiger charge is 2.21. The predicted molar refractivity (Wildman–Crippen MR) is 65.4 cm³/mol. The van der Waals surface area contributed by atoms with Crippen LogP contribution in [0.4, 0.5) is 5.69 Å². The van der Waals surface area contributed by atoms with Crippen LogP contribution >= 0.6 is 15.9 Å². The molecule has 0 aliphatic carbocycles. The summed E-state index contributed by atoms with van der Waals surface area (Å²) in [5.41, 5.74) is 1.66. The minimum atomic E-state index is -3.19. The van der Waals surface area contributed by atoms with E-state index in [-0.39, 0.29) is 0 Å². The van der Waals surface area contributed by atoms with Gasteiger partial charge in [0.2, 0.25) is 10.0 Å². The molecule has 3 nitrogen and oxygen atoms in total. The van der Waals surface area contributed by atoms with Gasteiger partial charge in [-0.05, 0) is 17.7 Å². The monoisotopic (exact) mass is 287 g/mol. The van der Waals surface area contributed by atoms with E-state index < -0.39 is 10.0 Å². The molecule has 1 heterocycles. The van der Waals surface area contributed by atoms with Gasteiger partial charge < -0.3 is 0 Å². The van der Waals surface area contributed by atoms with E-state index in [4.69, 9.17) is 0 Å². The number of hydrogen-bond acceptors (Lipinski definition) is 2. The summed E-state index contributed by atoms with van der Waals surface area (Å²) in [7, 11) is -3.19. The molecule has 0 bridgehead atoms. The van der Waals surface area contributed by atoms with Gasteiger partial charge in [-0.15, -0.1) is 0 Å². The summed E-state index contributed by atoms with van der Waals surface area (Å²) in [6.07, 6.45) is 5.00. The van der Waals surface area contributed by atoms with Crippen molar-refractivity contribution in [1.29, 1.82) is 0 Å². The van der Waals surface area contributed by atoms with E-state index in [0.29, 0.717) is 6.54 Å². The molecule has 5 heteroatoms. The molecule has 0 N–H and O–H groups in total. The Kier molecular flexibility index (Phi) is 2.60. The first kappa shape index (κ1) is 10.7. The Bertz CT molecular complexity index is 522. The molecule has 0 saturated heterocycles. The normalized spacial score (nSPS) is 15.2. The lowest BCUT2D eigenvalue weighted by molar-refractivity contribution is 0.598. The third-order valence-corrected chi connectivity index (χ3v) is 3.87. The molecule has 2 rings (SSSR count). The molecular formula is C10H10BrNO2S. The number of sulfonamides is 1. The summed E-state index contributed by atoms with van der Waals surface area (Å²) in [5, 5.41) is 0. The van der Waals surface area contributed by atoms with Gasteiger partial charge in [0.15, 0.2) is 0 Å². The maximum absolute atomic E-state index is 11.5.